The average molecular weight is 293 g/mol. The lowest BCUT2D eigenvalue weighted by atomic mass is 9.84. The van der Waals surface area contributed by atoms with E-state index >= 15 is 0 Å². The Morgan fingerprint density at radius 2 is 1.95 bits per heavy atom. The van der Waals surface area contributed by atoms with Crippen molar-refractivity contribution in [1.82, 2.24) is 25.0 Å². The van der Waals surface area contributed by atoms with Crippen LogP contribution in [0, 0.1) is 0 Å². The molecule has 1 fully saturated rings. The fourth-order valence-electron chi connectivity index (χ4n) is 3.37. The second-order valence-electron chi connectivity index (χ2n) is 6.92. The van der Waals surface area contributed by atoms with Crippen LogP contribution in [0.25, 0.3) is 0 Å². The molecule has 0 amide bonds. The standard InChI is InChI=1S/C16H31N5/c1-6-9-21-14(17-13-19-21)10-20-12-15(4,5)18-11-16(20,7-2)8-3/h13,18H,6-12H2,1-5H3. The summed E-state index contributed by atoms with van der Waals surface area (Å²) >= 11 is 0. The zero-order chi connectivity index (χ0) is 15.5. The van der Waals surface area contributed by atoms with E-state index in [2.05, 4.69) is 59.6 Å². The lowest BCUT2D eigenvalue weighted by Gasteiger charge is -2.52. The van der Waals surface area contributed by atoms with E-state index in [0.29, 0.717) is 0 Å². The van der Waals surface area contributed by atoms with Gasteiger partial charge in [-0.1, -0.05) is 20.8 Å². The SMILES string of the molecule is CCCn1ncnc1CN1CC(C)(C)NCC1(CC)CC. The molecule has 0 aliphatic carbocycles. The fourth-order valence-corrected chi connectivity index (χ4v) is 3.37. The van der Waals surface area contributed by atoms with Crippen LogP contribution in [-0.2, 0) is 13.1 Å². The normalized spacial score (nSPS) is 21.6. The third-order valence-corrected chi connectivity index (χ3v) is 4.93. The molecule has 0 unspecified atom stereocenters. The molecule has 5 heteroatoms. The van der Waals surface area contributed by atoms with Gasteiger partial charge in [-0.05, 0) is 33.1 Å². The molecule has 0 spiro atoms. The highest BCUT2D eigenvalue weighted by Gasteiger charge is 2.42. The van der Waals surface area contributed by atoms with E-state index in [4.69, 9.17) is 0 Å². The lowest BCUT2D eigenvalue weighted by Crippen LogP contribution is -2.67. The Morgan fingerprint density at radius 1 is 1.24 bits per heavy atom. The van der Waals surface area contributed by atoms with E-state index in [-0.39, 0.29) is 11.1 Å². The molecule has 1 aliphatic rings. The number of piperazine rings is 1. The number of nitrogens with one attached hydrogen (secondary N) is 1. The molecule has 1 aromatic rings. The van der Waals surface area contributed by atoms with Gasteiger partial charge in [-0.3, -0.25) is 4.90 Å². The van der Waals surface area contributed by atoms with Gasteiger partial charge in [0.25, 0.3) is 0 Å². The van der Waals surface area contributed by atoms with E-state index in [9.17, 15) is 0 Å². The first-order valence-electron chi connectivity index (χ1n) is 8.33. The van der Waals surface area contributed by atoms with Crippen molar-refractivity contribution in [2.75, 3.05) is 13.1 Å². The van der Waals surface area contributed by atoms with Crippen molar-refractivity contribution in [3.05, 3.63) is 12.2 Å². The first-order valence-corrected chi connectivity index (χ1v) is 8.33. The molecule has 2 heterocycles. The Bertz CT molecular complexity index is 447. The monoisotopic (exact) mass is 293 g/mol. The summed E-state index contributed by atoms with van der Waals surface area (Å²) in [5.74, 6) is 1.10. The van der Waals surface area contributed by atoms with Gasteiger partial charge in [-0.2, -0.15) is 5.10 Å². The van der Waals surface area contributed by atoms with Crippen molar-refractivity contribution in [3.8, 4) is 0 Å². The van der Waals surface area contributed by atoms with Crippen LogP contribution in [0.5, 0.6) is 0 Å². The van der Waals surface area contributed by atoms with E-state index in [0.717, 1.165) is 51.3 Å². The maximum absolute atomic E-state index is 4.50. The first kappa shape index (κ1) is 16.4. The van der Waals surface area contributed by atoms with Gasteiger partial charge in [0.15, 0.2) is 0 Å². The van der Waals surface area contributed by atoms with Gasteiger partial charge in [-0.15, -0.1) is 0 Å². The third kappa shape index (κ3) is 3.46. The summed E-state index contributed by atoms with van der Waals surface area (Å²) in [6, 6.07) is 0. The van der Waals surface area contributed by atoms with Crippen LogP contribution < -0.4 is 5.32 Å². The van der Waals surface area contributed by atoms with Crippen LogP contribution in [-0.4, -0.2) is 43.8 Å². The maximum atomic E-state index is 4.50. The van der Waals surface area contributed by atoms with Crippen LogP contribution >= 0.6 is 0 Å². The Labute approximate surface area is 129 Å². The van der Waals surface area contributed by atoms with Crippen LogP contribution in [0.4, 0.5) is 0 Å². The van der Waals surface area contributed by atoms with Gasteiger partial charge < -0.3 is 5.32 Å². The van der Waals surface area contributed by atoms with Crippen molar-refractivity contribution in [3.63, 3.8) is 0 Å². The van der Waals surface area contributed by atoms with E-state index < -0.39 is 0 Å². The predicted octanol–water partition coefficient (Wildman–Crippen LogP) is 2.43. The van der Waals surface area contributed by atoms with Gasteiger partial charge in [0.05, 0.1) is 6.54 Å². The van der Waals surface area contributed by atoms with E-state index in [1.165, 1.54) is 0 Å². The number of aromatic nitrogens is 3. The Kier molecular flexibility index (Phi) is 5.04. The second kappa shape index (κ2) is 6.44. The minimum absolute atomic E-state index is 0.156. The minimum Gasteiger partial charge on any atom is -0.309 e. The third-order valence-electron chi connectivity index (χ3n) is 4.93. The summed E-state index contributed by atoms with van der Waals surface area (Å²) in [5.41, 5.74) is 0.391. The molecule has 0 saturated carbocycles. The summed E-state index contributed by atoms with van der Waals surface area (Å²) in [7, 11) is 0. The van der Waals surface area contributed by atoms with Crippen molar-refractivity contribution in [2.45, 2.75) is 78.0 Å². The van der Waals surface area contributed by atoms with Gasteiger partial charge in [0.1, 0.15) is 12.2 Å². The number of aryl methyl sites for hydroxylation is 1. The van der Waals surface area contributed by atoms with Crippen molar-refractivity contribution >= 4 is 0 Å². The molecule has 0 bridgehead atoms. The molecule has 2 rings (SSSR count). The van der Waals surface area contributed by atoms with Crippen molar-refractivity contribution in [2.24, 2.45) is 0 Å². The number of hydrogen-bond acceptors (Lipinski definition) is 4. The molecule has 21 heavy (non-hydrogen) atoms. The highest BCUT2D eigenvalue weighted by molar-refractivity contribution is 5.03. The van der Waals surface area contributed by atoms with E-state index in [1.807, 2.05) is 0 Å². The van der Waals surface area contributed by atoms with Crippen LogP contribution in [0.2, 0.25) is 0 Å². The van der Waals surface area contributed by atoms with Gasteiger partial charge in [-0.25, -0.2) is 9.67 Å². The van der Waals surface area contributed by atoms with Crippen molar-refractivity contribution < 1.29 is 0 Å². The molecule has 1 aliphatic heterocycles. The summed E-state index contributed by atoms with van der Waals surface area (Å²) in [5, 5.41) is 8.09. The number of rotatable bonds is 6. The zero-order valence-corrected chi connectivity index (χ0v) is 14.3. The Morgan fingerprint density at radius 3 is 2.57 bits per heavy atom. The summed E-state index contributed by atoms with van der Waals surface area (Å²) in [6.07, 6.45) is 5.11. The van der Waals surface area contributed by atoms with Crippen LogP contribution in [0.1, 0.15) is 59.7 Å². The summed E-state index contributed by atoms with van der Waals surface area (Å²) in [4.78, 5) is 7.13. The number of nitrogens with zero attached hydrogens (tertiary/aromatic N) is 4. The number of hydrogen-bond donors (Lipinski definition) is 1. The average Bonchev–Trinajstić information content (AvgIpc) is 2.87. The fraction of sp³-hybridized carbons (Fsp3) is 0.875. The molecule has 1 N–H and O–H groups in total. The lowest BCUT2D eigenvalue weighted by molar-refractivity contribution is -0.000415. The molecule has 0 atom stereocenters. The smallest absolute Gasteiger partial charge is 0.141 e. The predicted molar refractivity (Wildman–Crippen MR) is 86.1 cm³/mol. The maximum Gasteiger partial charge on any atom is 0.141 e. The highest BCUT2D eigenvalue weighted by atomic mass is 15.4. The Balaban J connectivity index is 2.21. The van der Waals surface area contributed by atoms with Gasteiger partial charge in [0.2, 0.25) is 0 Å². The quantitative estimate of drug-likeness (QED) is 0.875. The molecule has 5 nitrogen and oxygen atoms in total. The molecule has 1 saturated heterocycles. The zero-order valence-electron chi connectivity index (χ0n) is 14.3. The summed E-state index contributed by atoms with van der Waals surface area (Å²) in [6.45, 7) is 15.3. The van der Waals surface area contributed by atoms with E-state index in [1.54, 1.807) is 6.33 Å². The highest BCUT2D eigenvalue weighted by Crippen LogP contribution is 2.31. The molecular weight excluding hydrogens is 262 g/mol. The topological polar surface area (TPSA) is 46.0 Å². The van der Waals surface area contributed by atoms with Gasteiger partial charge >= 0.3 is 0 Å². The van der Waals surface area contributed by atoms with Crippen LogP contribution in [0.3, 0.4) is 0 Å². The first-order chi connectivity index (χ1) is 9.96. The molecule has 0 aromatic carbocycles. The minimum atomic E-state index is 0.156. The van der Waals surface area contributed by atoms with Gasteiger partial charge in [0, 0.05) is 30.7 Å². The molecule has 0 radical (unpaired) electrons. The second-order valence-corrected chi connectivity index (χ2v) is 6.92. The molecule has 1 aromatic heterocycles. The molecule has 120 valence electrons. The molecular formula is C16H31N5. The largest absolute Gasteiger partial charge is 0.309 e. The van der Waals surface area contributed by atoms with Crippen LogP contribution in [0.15, 0.2) is 6.33 Å². The summed E-state index contributed by atoms with van der Waals surface area (Å²) < 4.78 is 2.06. The van der Waals surface area contributed by atoms with Crippen molar-refractivity contribution in [1.29, 1.82) is 0 Å². The Hall–Kier alpha value is -0.940.